The van der Waals surface area contributed by atoms with E-state index in [1.807, 2.05) is 12.1 Å². The molecule has 0 aliphatic heterocycles. The Kier molecular flexibility index (Phi) is 4.58. The summed E-state index contributed by atoms with van der Waals surface area (Å²) >= 11 is 5.80. The first-order valence-electron chi connectivity index (χ1n) is 6.32. The lowest BCUT2D eigenvalue weighted by atomic mass is 10.2. The van der Waals surface area contributed by atoms with Crippen LogP contribution in [-0.2, 0) is 0 Å². The Bertz CT molecular complexity index is 523. The van der Waals surface area contributed by atoms with Crippen LogP contribution < -0.4 is 10.2 Å². The number of aromatic nitrogens is 2. The highest BCUT2D eigenvalue weighted by Gasteiger charge is 2.02. The zero-order chi connectivity index (χ0) is 13.7. The molecule has 1 aromatic heterocycles. The number of nitrogens with zero attached hydrogens (tertiary/aromatic N) is 3. The maximum Gasteiger partial charge on any atom is 0.150 e. The van der Waals surface area contributed by atoms with Crippen LogP contribution in [0.3, 0.4) is 0 Å². The number of anilines is 3. The molecule has 1 N–H and O–H groups in total. The Morgan fingerprint density at radius 3 is 2.37 bits per heavy atom. The summed E-state index contributed by atoms with van der Waals surface area (Å²) in [6, 6.07) is 8.23. The van der Waals surface area contributed by atoms with Gasteiger partial charge < -0.3 is 10.2 Å². The van der Waals surface area contributed by atoms with Crippen LogP contribution in [0.25, 0.3) is 0 Å². The van der Waals surface area contributed by atoms with Gasteiger partial charge in [-0.15, -0.1) is 0 Å². The molecule has 5 heteroatoms. The molecule has 1 heterocycles. The lowest BCUT2D eigenvalue weighted by molar-refractivity contribution is 0.866. The summed E-state index contributed by atoms with van der Waals surface area (Å²) < 4.78 is 0. The van der Waals surface area contributed by atoms with Gasteiger partial charge in [-0.1, -0.05) is 11.6 Å². The summed E-state index contributed by atoms with van der Waals surface area (Å²) in [4.78, 5) is 10.4. The first kappa shape index (κ1) is 13.6. The fourth-order valence-corrected chi connectivity index (χ4v) is 2.04. The number of hydrogen-bond acceptors (Lipinski definition) is 4. The SMILES string of the molecule is CCN(CC)c1ccc(Nc2cncc(Cl)n2)cc1. The second-order valence-electron chi connectivity index (χ2n) is 4.07. The van der Waals surface area contributed by atoms with E-state index in [2.05, 4.69) is 46.2 Å². The average Bonchev–Trinajstić information content (AvgIpc) is 2.42. The molecule has 0 saturated heterocycles. The molecule has 0 fully saturated rings. The quantitative estimate of drug-likeness (QED) is 0.904. The summed E-state index contributed by atoms with van der Waals surface area (Å²) in [5.74, 6) is 0.642. The number of nitrogens with one attached hydrogen (secondary N) is 1. The highest BCUT2D eigenvalue weighted by Crippen LogP contribution is 2.20. The van der Waals surface area contributed by atoms with Crippen molar-refractivity contribution in [1.82, 2.24) is 9.97 Å². The largest absolute Gasteiger partial charge is 0.372 e. The lowest BCUT2D eigenvalue weighted by Gasteiger charge is -2.21. The molecule has 2 aromatic rings. The second-order valence-corrected chi connectivity index (χ2v) is 4.46. The fraction of sp³-hybridized carbons (Fsp3) is 0.286. The Balaban J connectivity index is 2.10. The minimum Gasteiger partial charge on any atom is -0.372 e. The molecule has 0 radical (unpaired) electrons. The molecule has 100 valence electrons. The van der Waals surface area contributed by atoms with E-state index in [-0.39, 0.29) is 0 Å². The predicted octanol–water partition coefficient (Wildman–Crippen LogP) is 3.72. The van der Waals surface area contributed by atoms with Crippen molar-refractivity contribution in [2.45, 2.75) is 13.8 Å². The van der Waals surface area contributed by atoms with E-state index in [0.717, 1.165) is 18.8 Å². The van der Waals surface area contributed by atoms with Crippen molar-refractivity contribution in [3.05, 3.63) is 41.8 Å². The van der Waals surface area contributed by atoms with Crippen LogP contribution in [0.2, 0.25) is 5.15 Å². The first-order chi connectivity index (χ1) is 9.22. The predicted molar refractivity (Wildman–Crippen MR) is 80.3 cm³/mol. The minimum absolute atomic E-state index is 0.379. The average molecular weight is 277 g/mol. The number of hydrogen-bond donors (Lipinski definition) is 1. The highest BCUT2D eigenvalue weighted by molar-refractivity contribution is 6.29. The smallest absolute Gasteiger partial charge is 0.150 e. The summed E-state index contributed by atoms with van der Waals surface area (Å²) in [6.45, 7) is 6.31. The number of halogens is 1. The first-order valence-corrected chi connectivity index (χ1v) is 6.70. The monoisotopic (exact) mass is 276 g/mol. The van der Waals surface area contributed by atoms with Crippen molar-refractivity contribution in [1.29, 1.82) is 0 Å². The Morgan fingerprint density at radius 1 is 1.11 bits per heavy atom. The van der Waals surface area contributed by atoms with Gasteiger partial charge in [0.25, 0.3) is 0 Å². The van der Waals surface area contributed by atoms with Gasteiger partial charge in [0.05, 0.1) is 12.4 Å². The molecule has 1 aromatic carbocycles. The van der Waals surface area contributed by atoms with Gasteiger partial charge >= 0.3 is 0 Å². The summed E-state index contributed by atoms with van der Waals surface area (Å²) in [6.07, 6.45) is 3.15. The van der Waals surface area contributed by atoms with Gasteiger partial charge in [-0.25, -0.2) is 4.98 Å². The van der Waals surface area contributed by atoms with Crippen LogP contribution in [0.5, 0.6) is 0 Å². The Hall–Kier alpha value is -1.81. The van der Waals surface area contributed by atoms with Crippen molar-refractivity contribution in [3.63, 3.8) is 0 Å². The molecular formula is C14H17ClN4. The molecule has 2 rings (SSSR count). The van der Waals surface area contributed by atoms with Crippen LogP contribution in [0.4, 0.5) is 17.2 Å². The maximum absolute atomic E-state index is 5.80. The van der Waals surface area contributed by atoms with Crippen molar-refractivity contribution >= 4 is 28.8 Å². The van der Waals surface area contributed by atoms with E-state index in [1.165, 1.54) is 11.9 Å². The summed E-state index contributed by atoms with van der Waals surface area (Å²) in [5.41, 5.74) is 2.18. The molecule has 0 bridgehead atoms. The second kappa shape index (κ2) is 6.38. The molecular weight excluding hydrogens is 260 g/mol. The lowest BCUT2D eigenvalue weighted by Crippen LogP contribution is -2.21. The van der Waals surface area contributed by atoms with Gasteiger partial charge in [-0.3, -0.25) is 4.98 Å². The number of benzene rings is 1. The Morgan fingerprint density at radius 2 is 1.79 bits per heavy atom. The van der Waals surface area contributed by atoms with Gasteiger partial charge in [0.2, 0.25) is 0 Å². The molecule has 0 saturated carbocycles. The van der Waals surface area contributed by atoms with Crippen molar-refractivity contribution in [3.8, 4) is 0 Å². The molecule has 19 heavy (non-hydrogen) atoms. The molecule has 0 spiro atoms. The molecule has 0 unspecified atom stereocenters. The van der Waals surface area contributed by atoms with E-state index < -0.39 is 0 Å². The third kappa shape index (κ3) is 3.58. The summed E-state index contributed by atoms with van der Waals surface area (Å²) in [7, 11) is 0. The fourth-order valence-electron chi connectivity index (χ4n) is 1.89. The van der Waals surface area contributed by atoms with Crippen LogP contribution in [0.1, 0.15) is 13.8 Å². The van der Waals surface area contributed by atoms with Crippen molar-refractivity contribution < 1.29 is 0 Å². The van der Waals surface area contributed by atoms with Gasteiger partial charge in [0.15, 0.2) is 5.82 Å². The Labute approximate surface area is 118 Å². The topological polar surface area (TPSA) is 41.0 Å². The van der Waals surface area contributed by atoms with E-state index >= 15 is 0 Å². The van der Waals surface area contributed by atoms with Crippen molar-refractivity contribution in [2.24, 2.45) is 0 Å². The molecule has 4 nitrogen and oxygen atoms in total. The number of rotatable bonds is 5. The van der Waals surface area contributed by atoms with E-state index in [1.54, 1.807) is 6.20 Å². The molecule has 0 aliphatic rings. The molecule has 0 amide bonds. The third-order valence-corrected chi connectivity index (χ3v) is 3.06. The summed E-state index contributed by atoms with van der Waals surface area (Å²) in [5, 5.41) is 3.55. The zero-order valence-electron chi connectivity index (χ0n) is 11.1. The standard InChI is InChI=1S/C14H17ClN4/c1-3-19(4-2)12-7-5-11(6-8-12)17-14-10-16-9-13(15)18-14/h5-10H,3-4H2,1-2H3,(H,17,18). The van der Waals surface area contributed by atoms with Gasteiger partial charge in [-0.2, -0.15) is 0 Å². The van der Waals surface area contributed by atoms with Crippen molar-refractivity contribution in [2.75, 3.05) is 23.3 Å². The molecule has 0 atom stereocenters. The maximum atomic E-state index is 5.80. The highest BCUT2D eigenvalue weighted by atomic mass is 35.5. The molecule has 0 aliphatic carbocycles. The van der Waals surface area contributed by atoms with Gasteiger partial charge in [-0.05, 0) is 38.1 Å². The van der Waals surface area contributed by atoms with Crippen LogP contribution >= 0.6 is 11.6 Å². The minimum atomic E-state index is 0.379. The van der Waals surface area contributed by atoms with Gasteiger partial charge in [0, 0.05) is 24.5 Å². The van der Waals surface area contributed by atoms with E-state index in [9.17, 15) is 0 Å². The van der Waals surface area contributed by atoms with E-state index in [4.69, 9.17) is 11.6 Å². The normalized spacial score (nSPS) is 10.3. The van der Waals surface area contributed by atoms with E-state index in [0.29, 0.717) is 11.0 Å². The van der Waals surface area contributed by atoms with Gasteiger partial charge in [0.1, 0.15) is 5.15 Å². The van der Waals surface area contributed by atoms with Crippen LogP contribution in [0, 0.1) is 0 Å². The third-order valence-electron chi connectivity index (χ3n) is 2.87. The zero-order valence-corrected chi connectivity index (χ0v) is 11.9. The van der Waals surface area contributed by atoms with Crippen LogP contribution in [-0.4, -0.2) is 23.1 Å². The van der Waals surface area contributed by atoms with Crippen LogP contribution in [0.15, 0.2) is 36.7 Å².